The number of hydrogen-bond acceptors (Lipinski definition) is 12. The van der Waals surface area contributed by atoms with Crippen molar-refractivity contribution in [1.29, 1.82) is 0 Å². The van der Waals surface area contributed by atoms with Crippen LogP contribution in [-0.4, -0.2) is 94.7 Å². The van der Waals surface area contributed by atoms with Crippen molar-refractivity contribution in [2.75, 3.05) is 0 Å². The van der Waals surface area contributed by atoms with Gasteiger partial charge in [0.1, 0.15) is 0 Å². The van der Waals surface area contributed by atoms with E-state index in [2.05, 4.69) is 0 Å². The second-order valence-electron chi connectivity index (χ2n) is 15.5. The Bertz CT molecular complexity index is 886. The van der Waals surface area contributed by atoms with Gasteiger partial charge in [0.05, 0.1) is 0 Å². The third kappa shape index (κ3) is 14.1. The van der Waals surface area contributed by atoms with Crippen molar-refractivity contribution in [3.63, 3.8) is 0 Å². The van der Waals surface area contributed by atoms with Gasteiger partial charge in [0.25, 0.3) is 0 Å². The van der Waals surface area contributed by atoms with Crippen LogP contribution in [0.1, 0.15) is 0 Å². The van der Waals surface area contributed by atoms with Crippen molar-refractivity contribution in [3.8, 4) is 0 Å². The average Bonchev–Trinajstić information content (AvgIpc) is 2.45. The fourth-order valence-corrected chi connectivity index (χ4v) is 64.5. The molecule has 2 saturated heterocycles. The average molecular weight is 802 g/mol. The van der Waals surface area contributed by atoms with Crippen LogP contribution in [0.4, 0.5) is 0 Å². The summed E-state index contributed by atoms with van der Waals surface area (Å²) in [4.78, 5) is 0. The highest BCUT2D eigenvalue weighted by molar-refractivity contribution is 6.96. The van der Waals surface area contributed by atoms with Crippen LogP contribution >= 0.6 is 0 Å². The molecule has 0 spiro atoms. The minimum absolute atomic E-state index is 1.93. The zero-order valence-corrected chi connectivity index (χ0v) is 41.4. The van der Waals surface area contributed by atoms with E-state index in [0.717, 1.165) is 0 Å². The Hall–Kier alpha value is 1.91. The molecule has 12 nitrogen and oxygen atoms in total. The van der Waals surface area contributed by atoms with E-state index in [9.17, 15) is 0 Å². The molecule has 2 aliphatic rings. The highest BCUT2D eigenvalue weighted by Gasteiger charge is 2.59. The maximum Gasteiger partial charge on any atom is 0.470 e. The van der Waals surface area contributed by atoms with Gasteiger partial charge in [-0.25, -0.2) is 0 Å². The molecule has 0 aliphatic carbocycles. The Morgan fingerprint density at radius 1 is 0.302 bits per heavy atom. The lowest BCUT2D eigenvalue weighted by Gasteiger charge is -2.49. The van der Waals surface area contributed by atoms with Crippen LogP contribution < -0.4 is 0 Å². The van der Waals surface area contributed by atoms with Gasteiger partial charge in [-0.15, -0.1) is 0 Å². The predicted octanol–water partition coefficient (Wildman–Crippen LogP) is 6.67. The second-order valence-corrected chi connectivity index (χ2v) is 54.0. The third-order valence-corrected chi connectivity index (χ3v) is 49.8. The molecule has 0 aromatic rings. The molecule has 0 aromatic carbocycles. The summed E-state index contributed by atoms with van der Waals surface area (Å²) in [6.07, 6.45) is 0. The molecule has 0 atom stereocenters. The Morgan fingerprint density at radius 3 is 0.698 bits per heavy atom. The Balaban J connectivity index is 2.23. The Kier molecular flexibility index (Phi) is 12.1. The van der Waals surface area contributed by atoms with Crippen molar-refractivity contribution in [3.05, 3.63) is 0 Å². The standard InChI is InChI=1S/C20H60O12Si11/c1-33(2)21-36(7,8)27-42(19,28-37(9,10)22-33)31-40(15,16)25-35(5,6)26-41(17,18)32-43(20)29-38(11,12)23-34(3,4)24-39(13,14)30-43/h1-20H3. The Labute approximate surface area is 273 Å². The summed E-state index contributed by atoms with van der Waals surface area (Å²) in [7, 11) is -30.2. The van der Waals surface area contributed by atoms with Gasteiger partial charge in [-0.1, -0.05) is 0 Å². The zero-order chi connectivity index (χ0) is 34.0. The van der Waals surface area contributed by atoms with Crippen molar-refractivity contribution in [1.82, 2.24) is 0 Å². The molecule has 0 saturated carbocycles. The molecule has 2 fully saturated rings. The van der Waals surface area contributed by atoms with E-state index in [1.807, 2.05) is 131 Å². The van der Waals surface area contributed by atoms with Crippen LogP contribution in [0, 0.1) is 0 Å². The van der Waals surface area contributed by atoms with Gasteiger partial charge in [0.2, 0.25) is 0 Å². The van der Waals surface area contributed by atoms with Crippen LogP contribution in [0.25, 0.3) is 0 Å². The molecule has 0 bridgehead atoms. The summed E-state index contributed by atoms with van der Waals surface area (Å²) in [5, 5.41) is 0. The molecule has 256 valence electrons. The van der Waals surface area contributed by atoms with Crippen molar-refractivity contribution in [2.45, 2.75) is 131 Å². The first-order valence-electron chi connectivity index (χ1n) is 14.9. The highest BCUT2D eigenvalue weighted by Crippen LogP contribution is 2.36. The van der Waals surface area contributed by atoms with Crippen molar-refractivity contribution in [2.24, 2.45) is 0 Å². The first-order chi connectivity index (χ1) is 18.5. The molecule has 0 aromatic heterocycles. The lowest BCUT2D eigenvalue weighted by Crippen LogP contribution is -2.69. The first-order valence-corrected chi connectivity index (χ1v) is 44.7. The predicted molar refractivity (Wildman–Crippen MR) is 194 cm³/mol. The SMILES string of the molecule is C[Si]1(C)O[Si](C)(C)O[Si](C)(O[Si](C)(C)O[Si](C)(C)O[Si](C)(C)O[Si]2(C)O[Si](C)(C)O[Si](C)(C)O[Si](C)(C)O2)O[Si](C)(C)O1. The third-order valence-electron chi connectivity index (χ3n) is 5.54. The van der Waals surface area contributed by atoms with Gasteiger partial charge in [0, 0.05) is 13.1 Å². The van der Waals surface area contributed by atoms with Gasteiger partial charge in [-0.3, -0.25) is 0 Å². The van der Waals surface area contributed by atoms with Gasteiger partial charge in [0.15, 0.2) is 0 Å². The molecule has 2 heterocycles. The summed E-state index contributed by atoms with van der Waals surface area (Å²) in [5.41, 5.74) is 0. The fourth-order valence-electron chi connectivity index (χ4n) is 6.54. The smallest absolute Gasteiger partial charge is 0.416 e. The molecule has 43 heavy (non-hydrogen) atoms. The van der Waals surface area contributed by atoms with E-state index in [4.69, 9.17) is 49.4 Å². The van der Waals surface area contributed by atoms with E-state index in [-0.39, 0.29) is 0 Å². The van der Waals surface area contributed by atoms with E-state index < -0.39 is 94.7 Å². The minimum atomic E-state index is -3.22. The quantitative estimate of drug-likeness (QED) is 0.245. The minimum Gasteiger partial charge on any atom is -0.416 e. The van der Waals surface area contributed by atoms with Gasteiger partial charge in [-0.2, -0.15) is 0 Å². The second kappa shape index (κ2) is 12.7. The number of rotatable bonds is 8. The molecular weight excluding hydrogens is 741 g/mol. The molecular formula is C20H60O12Si11. The zero-order valence-electron chi connectivity index (χ0n) is 30.4. The van der Waals surface area contributed by atoms with Crippen LogP contribution in [0.3, 0.4) is 0 Å². The first kappa shape index (κ1) is 41.1. The van der Waals surface area contributed by atoms with Crippen molar-refractivity contribution < 1.29 is 49.4 Å². The molecule has 0 unspecified atom stereocenters. The maximum absolute atomic E-state index is 6.78. The summed E-state index contributed by atoms with van der Waals surface area (Å²) in [6, 6.07) is 0. The molecule has 0 N–H and O–H groups in total. The maximum atomic E-state index is 6.78. The Morgan fingerprint density at radius 2 is 0.488 bits per heavy atom. The van der Waals surface area contributed by atoms with Gasteiger partial charge in [-0.05, 0) is 118 Å². The molecule has 2 aliphatic heterocycles. The van der Waals surface area contributed by atoms with Crippen molar-refractivity contribution >= 4 is 94.7 Å². The summed E-state index contributed by atoms with van der Waals surface area (Å²) in [6.45, 7) is 40.2. The topological polar surface area (TPSA) is 111 Å². The van der Waals surface area contributed by atoms with Crippen LogP contribution in [0.2, 0.25) is 131 Å². The van der Waals surface area contributed by atoms with Crippen LogP contribution in [0.15, 0.2) is 0 Å². The summed E-state index contributed by atoms with van der Waals surface area (Å²) >= 11 is 0. The van der Waals surface area contributed by atoms with Gasteiger partial charge < -0.3 is 49.4 Å². The van der Waals surface area contributed by atoms with Crippen LogP contribution in [0.5, 0.6) is 0 Å². The summed E-state index contributed by atoms with van der Waals surface area (Å²) < 4.78 is 79.6. The lowest BCUT2D eigenvalue weighted by molar-refractivity contribution is 0.165. The molecule has 23 heteroatoms. The van der Waals surface area contributed by atoms with Gasteiger partial charge >= 0.3 is 94.7 Å². The lowest BCUT2D eigenvalue weighted by atomic mass is 11.9. The van der Waals surface area contributed by atoms with E-state index >= 15 is 0 Å². The normalized spacial score (nSPS) is 28.2. The molecule has 0 amide bonds. The summed E-state index contributed by atoms with van der Waals surface area (Å²) in [5.74, 6) is 0. The fraction of sp³-hybridized carbons (Fsp3) is 1.00. The monoisotopic (exact) mass is 800 g/mol. The number of hydrogen-bond donors (Lipinski definition) is 0. The van der Waals surface area contributed by atoms with E-state index in [0.29, 0.717) is 0 Å². The van der Waals surface area contributed by atoms with E-state index in [1.165, 1.54) is 0 Å². The highest BCUT2D eigenvalue weighted by atomic mass is 28.6. The largest absolute Gasteiger partial charge is 0.470 e. The molecule has 2 rings (SSSR count). The van der Waals surface area contributed by atoms with E-state index in [1.54, 1.807) is 0 Å². The van der Waals surface area contributed by atoms with Crippen LogP contribution in [-0.2, 0) is 49.4 Å². The molecule has 0 radical (unpaired) electrons.